The molecule has 2 rings (SSSR count). The average molecular weight is 247 g/mol. The summed E-state index contributed by atoms with van der Waals surface area (Å²) in [6.45, 7) is 7.31. The maximum absolute atomic E-state index is 5.42. The Morgan fingerprint density at radius 2 is 1.83 bits per heavy atom. The van der Waals surface area contributed by atoms with Gasteiger partial charge in [-0.05, 0) is 45.1 Å². The number of benzene rings is 1. The van der Waals surface area contributed by atoms with Gasteiger partial charge in [-0.15, -0.1) is 0 Å². The molecule has 0 atom stereocenters. The summed E-state index contributed by atoms with van der Waals surface area (Å²) in [5, 5.41) is 3.60. The van der Waals surface area contributed by atoms with E-state index in [0.717, 1.165) is 12.5 Å². The Morgan fingerprint density at radius 1 is 1.22 bits per heavy atom. The van der Waals surface area contributed by atoms with E-state index in [2.05, 4.69) is 50.4 Å². The molecule has 1 aliphatic carbocycles. The molecule has 1 aromatic rings. The zero-order chi connectivity index (χ0) is 13.2. The van der Waals surface area contributed by atoms with Crippen LogP contribution in [0.4, 0.5) is 0 Å². The molecule has 1 N–H and O–H groups in total. The molecule has 2 heteroatoms. The number of methoxy groups -OCH3 is 1. The molecule has 1 fully saturated rings. The Bertz CT molecular complexity index is 377. The van der Waals surface area contributed by atoms with Crippen LogP contribution in [0, 0.1) is 6.92 Å². The lowest BCUT2D eigenvalue weighted by Gasteiger charge is -2.38. The molecule has 0 radical (unpaired) electrons. The molecule has 1 aromatic carbocycles. The van der Waals surface area contributed by atoms with Crippen molar-refractivity contribution in [2.45, 2.75) is 51.2 Å². The first-order valence-electron chi connectivity index (χ1n) is 6.85. The van der Waals surface area contributed by atoms with E-state index in [1.807, 2.05) is 0 Å². The molecule has 0 bridgehead atoms. The predicted molar refractivity (Wildman–Crippen MR) is 76.0 cm³/mol. The van der Waals surface area contributed by atoms with Crippen molar-refractivity contribution in [1.82, 2.24) is 5.32 Å². The third-order valence-corrected chi connectivity index (χ3v) is 4.06. The maximum atomic E-state index is 5.42. The van der Waals surface area contributed by atoms with Crippen molar-refractivity contribution in [2.24, 2.45) is 0 Å². The van der Waals surface area contributed by atoms with E-state index >= 15 is 0 Å². The fraction of sp³-hybridized carbons (Fsp3) is 0.625. The number of aryl methyl sites for hydroxylation is 1. The van der Waals surface area contributed by atoms with Gasteiger partial charge in [-0.3, -0.25) is 0 Å². The fourth-order valence-corrected chi connectivity index (χ4v) is 2.36. The highest BCUT2D eigenvalue weighted by atomic mass is 16.5. The van der Waals surface area contributed by atoms with Crippen LogP contribution in [0.15, 0.2) is 24.3 Å². The van der Waals surface area contributed by atoms with Crippen LogP contribution >= 0.6 is 0 Å². The van der Waals surface area contributed by atoms with Gasteiger partial charge >= 0.3 is 0 Å². The fourth-order valence-electron chi connectivity index (χ4n) is 2.36. The lowest BCUT2D eigenvalue weighted by molar-refractivity contribution is 0.0180. The molecule has 0 saturated heterocycles. The van der Waals surface area contributed by atoms with E-state index in [-0.39, 0.29) is 5.60 Å². The molecule has 2 nitrogen and oxygen atoms in total. The molecule has 0 unspecified atom stereocenters. The summed E-state index contributed by atoms with van der Waals surface area (Å²) in [5.41, 5.74) is 2.77. The third-order valence-electron chi connectivity index (χ3n) is 4.06. The second-order valence-corrected chi connectivity index (χ2v) is 6.12. The molecule has 0 aromatic heterocycles. The van der Waals surface area contributed by atoms with Crippen molar-refractivity contribution in [3.05, 3.63) is 35.4 Å². The minimum Gasteiger partial charge on any atom is -0.377 e. The summed E-state index contributed by atoms with van der Waals surface area (Å²) in [5.74, 6) is 0.744. The van der Waals surface area contributed by atoms with Gasteiger partial charge in [-0.2, -0.15) is 0 Å². The van der Waals surface area contributed by atoms with Crippen LogP contribution in [0.1, 0.15) is 43.7 Å². The van der Waals surface area contributed by atoms with E-state index in [0.29, 0.717) is 6.04 Å². The molecule has 100 valence electrons. The van der Waals surface area contributed by atoms with Gasteiger partial charge in [0.05, 0.1) is 5.60 Å². The van der Waals surface area contributed by atoms with Gasteiger partial charge in [-0.1, -0.05) is 29.8 Å². The number of hydrogen-bond donors (Lipinski definition) is 1. The number of nitrogens with one attached hydrogen (secondary N) is 1. The first kappa shape index (κ1) is 13.6. The predicted octanol–water partition coefficient (Wildman–Crippen LogP) is 3.26. The van der Waals surface area contributed by atoms with Gasteiger partial charge in [0.25, 0.3) is 0 Å². The molecular formula is C16H25NO. The van der Waals surface area contributed by atoms with Gasteiger partial charge < -0.3 is 10.1 Å². The van der Waals surface area contributed by atoms with Crippen LogP contribution in [0.3, 0.4) is 0 Å². The monoisotopic (exact) mass is 247 g/mol. The lowest BCUT2D eigenvalue weighted by atomic mass is 9.75. The highest BCUT2D eigenvalue weighted by Gasteiger charge is 2.31. The standard InChI is InChI=1S/C16H25NO/c1-12-5-7-13(8-6-12)14-9-15(10-14)17-11-16(2,3)18-4/h5-8,14-15,17H,9-11H2,1-4H3. The molecule has 18 heavy (non-hydrogen) atoms. The normalized spacial score (nSPS) is 23.8. The Morgan fingerprint density at radius 3 is 2.39 bits per heavy atom. The molecular weight excluding hydrogens is 222 g/mol. The summed E-state index contributed by atoms with van der Waals surface area (Å²) in [6.07, 6.45) is 2.51. The second kappa shape index (κ2) is 5.41. The topological polar surface area (TPSA) is 21.3 Å². The summed E-state index contributed by atoms with van der Waals surface area (Å²) in [4.78, 5) is 0. The minimum atomic E-state index is -0.0606. The minimum absolute atomic E-state index is 0.0606. The zero-order valence-electron chi connectivity index (χ0n) is 12.0. The SMILES string of the molecule is COC(C)(C)CNC1CC(c2ccc(C)cc2)C1. The quantitative estimate of drug-likeness (QED) is 0.862. The largest absolute Gasteiger partial charge is 0.377 e. The van der Waals surface area contributed by atoms with Crippen LogP contribution in [0.5, 0.6) is 0 Å². The summed E-state index contributed by atoms with van der Waals surface area (Å²) >= 11 is 0. The van der Waals surface area contributed by atoms with Crippen molar-refractivity contribution >= 4 is 0 Å². The third kappa shape index (κ3) is 3.33. The molecule has 0 spiro atoms. The average Bonchev–Trinajstić information content (AvgIpc) is 2.29. The smallest absolute Gasteiger partial charge is 0.0746 e. The molecule has 0 heterocycles. The summed E-state index contributed by atoms with van der Waals surface area (Å²) in [6, 6.07) is 9.63. The highest BCUT2D eigenvalue weighted by Crippen LogP contribution is 2.37. The van der Waals surface area contributed by atoms with Crippen LogP contribution in [-0.2, 0) is 4.74 Å². The van der Waals surface area contributed by atoms with Gasteiger partial charge in [0, 0.05) is 19.7 Å². The Kier molecular flexibility index (Phi) is 4.08. The van der Waals surface area contributed by atoms with Crippen molar-refractivity contribution in [2.75, 3.05) is 13.7 Å². The Balaban J connectivity index is 1.75. The van der Waals surface area contributed by atoms with Crippen molar-refractivity contribution in [1.29, 1.82) is 0 Å². The van der Waals surface area contributed by atoms with Crippen molar-refractivity contribution in [3.8, 4) is 0 Å². The van der Waals surface area contributed by atoms with E-state index in [4.69, 9.17) is 4.74 Å². The van der Waals surface area contributed by atoms with Crippen LogP contribution in [-0.4, -0.2) is 25.3 Å². The molecule has 1 aliphatic rings. The first-order chi connectivity index (χ1) is 8.50. The number of rotatable bonds is 5. The van der Waals surface area contributed by atoms with E-state index in [9.17, 15) is 0 Å². The zero-order valence-corrected chi connectivity index (χ0v) is 12.0. The number of hydrogen-bond acceptors (Lipinski definition) is 2. The van der Waals surface area contributed by atoms with Gasteiger partial charge in [0.15, 0.2) is 0 Å². The maximum Gasteiger partial charge on any atom is 0.0746 e. The summed E-state index contributed by atoms with van der Waals surface area (Å²) in [7, 11) is 1.78. The number of ether oxygens (including phenoxy) is 1. The van der Waals surface area contributed by atoms with Gasteiger partial charge in [0.2, 0.25) is 0 Å². The lowest BCUT2D eigenvalue weighted by Crippen LogP contribution is -2.46. The molecule has 0 aliphatic heterocycles. The van der Waals surface area contributed by atoms with E-state index < -0.39 is 0 Å². The van der Waals surface area contributed by atoms with Crippen LogP contribution in [0.25, 0.3) is 0 Å². The Hall–Kier alpha value is -0.860. The van der Waals surface area contributed by atoms with Crippen LogP contribution in [0.2, 0.25) is 0 Å². The van der Waals surface area contributed by atoms with Crippen LogP contribution < -0.4 is 5.32 Å². The second-order valence-electron chi connectivity index (χ2n) is 6.12. The van der Waals surface area contributed by atoms with E-state index in [1.165, 1.54) is 24.0 Å². The molecule has 0 amide bonds. The van der Waals surface area contributed by atoms with Crippen molar-refractivity contribution in [3.63, 3.8) is 0 Å². The first-order valence-corrected chi connectivity index (χ1v) is 6.85. The van der Waals surface area contributed by atoms with E-state index in [1.54, 1.807) is 7.11 Å². The van der Waals surface area contributed by atoms with Gasteiger partial charge in [-0.25, -0.2) is 0 Å². The molecule has 1 saturated carbocycles. The van der Waals surface area contributed by atoms with Crippen molar-refractivity contribution < 1.29 is 4.74 Å². The van der Waals surface area contributed by atoms with Gasteiger partial charge in [0.1, 0.15) is 0 Å². The Labute approximate surface area is 111 Å². The highest BCUT2D eigenvalue weighted by molar-refractivity contribution is 5.26. The summed E-state index contributed by atoms with van der Waals surface area (Å²) < 4.78 is 5.42.